The summed E-state index contributed by atoms with van der Waals surface area (Å²) in [5.74, 6) is -0.991. The topological polar surface area (TPSA) is 64.1 Å². The molecule has 0 atom stereocenters. The van der Waals surface area contributed by atoms with E-state index in [1.807, 2.05) is 6.92 Å². The van der Waals surface area contributed by atoms with Gasteiger partial charge in [-0.1, -0.05) is 13.8 Å². The first-order valence-electron chi connectivity index (χ1n) is 6.90. The fourth-order valence-corrected chi connectivity index (χ4v) is 1.93. The van der Waals surface area contributed by atoms with Gasteiger partial charge in [-0.15, -0.1) is 0 Å². The summed E-state index contributed by atoms with van der Waals surface area (Å²) < 4.78 is 0. The molecule has 0 saturated carbocycles. The van der Waals surface area contributed by atoms with E-state index in [1.165, 1.54) is 11.9 Å². The van der Waals surface area contributed by atoms with Gasteiger partial charge in [-0.2, -0.15) is 0 Å². The number of carbonyl (C=O) groups is 2. The maximum absolute atomic E-state index is 12.0. The Labute approximate surface area is 116 Å². The molecular formula is C13H27N3O3. The van der Waals surface area contributed by atoms with Crippen molar-refractivity contribution in [1.29, 1.82) is 0 Å². The van der Waals surface area contributed by atoms with Crippen LogP contribution in [-0.2, 0) is 4.79 Å². The third-order valence-corrected chi connectivity index (χ3v) is 3.15. The molecule has 0 rings (SSSR count). The molecule has 0 bridgehead atoms. The first kappa shape index (κ1) is 17.7. The minimum Gasteiger partial charge on any atom is -0.480 e. The number of carboxylic acids is 1. The van der Waals surface area contributed by atoms with Gasteiger partial charge in [0.05, 0.1) is 0 Å². The molecule has 0 heterocycles. The Morgan fingerprint density at radius 3 is 2.00 bits per heavy atom. The first-order chi connectivity index (χ1) is 8.96. The second-order valence-electron chi connectivity index (χ2n) is 4.49. The summed E-state index contributed by atoms with van der Waals surface area (Å²) in [6.07, 6.45) is 0.905. The lowest BCUT2D eigenvalue weighted by atomic mass is 10.3. The summed E-state index contributed by atoms with van der Waals surface area (Å²) in [4.78, 5) is 27.8. The van der Waals surface area contributed by atoms with E-state index in [9.17, 15) is 9.59 Å². The molecule has 0 fully saturated rings. The highest BCUT2D eigenvalue weighted by Crippen LogP contribution is 2.00. The number of amides is 2. The van der Waals surface area contributed by atoms with Crippen molar-refractivity contribution in [2.45, 2.75) is 27.2 Å². The number of likely N-dealkylation sites (N-methyl/N-ethyl adjacent to an activating group) is 1. The van der Waals surface area contributed by atoms with E-state index < -0.39 is 5.97 Å². The molecule has 0 aromatic rings. The first-order valence-corrected chi connectivity index (χ1v) is 6.90. The number of urea groups is 1. The van der Waals surface area contributed by atoms with Gasteiger partial charge in [0.25, 0.3) is 0 Å². The molecule has 19 heavy (non-hydrogen) atoms. The highest BCUT2D eigenvalue weighted by atomic mass is 16.4. The van der Waals surface area contributed by atoms with Crippen molar-refractivity contribution in [3.8, 4) is 0 Å². The van der Waals surface area contributed by atoms with Crippen LogP contribution in [-0.4, -0.2) is 78.1 Å². The molecule has 0 unspecified atom stereocenters. The number of aliphatic carboxylic acids is 1. The third kappa shape index (κ3) is 7.00. The molecular weight excluding hydrogens is 246 g/mol. The molecule has 112 valence electrons. The average Bonchev–Trinajstić information content (AvgIpc) is 2.37. The van der Waals surface area contributed by atoms with Crippen LogP contribution in [0.3, 0.4) is 0 Å². The number of hydrogen-bond donors (Lipinski definition) is 1. The van der Waals surface area contributed by atoms with Crippen molar-refractivity contribution in [3.05, 3.63) is 0 Å². The molecule has 0 aliphatic heterocycles. The summed E-state index contributed by atoms with van der Waals surface area (Å²) in [5, 5.41) is 8.68. The van der Waals surface area contributed by atoms with E-state index in [0.717, 1.165) is 26.1 Å². The van der Waals surface area contributed by atoms with Crippen LogP contribution in [0, 0.1) is 0 Å². The molecule has 0 spiro atoms. The van der Waals surface area contributed by atoms with Crippen LogP contribution in [0.5, 0.6) is 0 Å². The van der Waals surface area contributed by atoms with Crippen LogP contribution >= 0.6 is 0 Å². The zero-order valence-electron chi connectivity index (χ0n) is 12.6. The Balaban J connectivity index is 4.19. The summed E-state index contributed by atoms with van der Waals surface area (Å²) in [6, 6.07) is -0.218. The van der Waals surface area contributed by atoms with Gasteiger partial charge >= 0.3 is 12.0 Å². The summed E-state index contributed by atoms with van der Waals surface area (Å²) >= 11 is 0. The molecule has 6 nitrogen and oxygen atoms in total. The number of hydrogen-bond acceptors (Lipinski definition) is 3. The molecule has 0 aromatic carbocycles. The predicted octanol–water partition coefficient (Wildman–Crippen LogP) is 1.18. The number of rotatable bonds is 9. The van der Waals surface area contributed by atoms with E-state index >= 15 is 0 Å². The van der Waals surface area contributed by atoms with E-state index in [4.69, 9.17) is 5.11 Å². The molecule has 0 saturated heterocycles. The smallest absolute Gasteiger partial charge is 0.323 e. The number of carbonyl (C=O) groups excluding carboxylic acids is 1. The zero-order chi connectivity index (χ0) is 14.8. The molecule has 0 aromatic heterocycles. The van der Waals surface area contributed by atoms with E-state index in [-0.39, 0.29) is 12.6 Å². The van der Waals surface area contributed by atoms with E-state index in [0.29, 0.717) is 13.1 Å². The fourth-order valence-electron chi connectivity index (χ4n) is 1.93. The van der Waals surface area contributed by atoms with Gasteiger partial charge in [0.1, 0.15) is 6.54 Å². The van der Waals surface area contributed by atoms with Crippen LogP contribution in [0.15, 0.2) is 0 Å². The Kier molecular flexibility index (Phi) is 8.95. The molecule has 6 heteroatoms. The van der Waals surface area contributed by atoms with Gasteiger partial charge in [-0.3, -0.25) is 4.79 Å². The minimum absolute atomic E-state index is 0.218. The third-order valence-electron chi connectivity index (χ3n) is 3.15. The highest BCUT2D eigenvalue weighted by molar-refractivity contribution is 5.79. The zero-order valence-corrected chi connectivity index (χ0v) is 12.6. The quantitative estimate of drug-likeness (QED) is 0.685. The standard InChI is InChI=1S/C13H27N3O3/c1-5-15(6-2)9-8-10-16(7-3)13(19)14(4)11-12(17)18/h5-11H2,1-4H3,(H,17,18). The molecule has 0 radical (unpaired) electrons. The van der Waals surface area contributed by atoms with Gasteiger partial charge in [-0.05, 0) is 33.0 Å². The highest BCUT2D eigenvalue weighted by Gasteiger charge is 2.18. The Morgan fingerprint density at radius 2 is 1.58 bits per heavy atom. The van der Waals surface area contributed by atoms with Crippen molar-refractivity contribution in [3.63, 3.8) is 0 Å². The van der Waals surface area contributed by atoms with Crippen LogP contribution < -0.4 is 0 Å². The van der Waals surface area contributed by atoms with Crippen LogP contribution in [0.2, 0.25) is 0 Å². The van der Waals surface area contributed by atoms with E-state index in [1.54, 1.807) is 4.90 Å². The van der Waals surface area contributed by atoms with Crippen molar-refractivity contribution in [1.82, 2.24) is 14.7 Å². The predicted molar refractivity (Wildman–Crippen MR) is 75.3 cm³/mol. The summed E-state index contributed by atoms with van der Waals surface area (Å²) in [6.45, 7) is 10.1. The normalized spacial score (nSPS) is 10.6. The van der Waals surface area contributed by atoms with Crippen LogP contribution in [0.4, 0.5) is 4.79 Å². The fraction of sp³-hybridized carbons (Fsp3) is 0.846. The summed E-state index contributed by atoms with van der Waals surface area (Å²) in [5.41, 5.74) is 0. The molecule has 2 amide bonds. The van der Waals surface area contributed by atoms with Gasteiger partial charge < -0.3 is 19.8 Å². The molecule has 0 aliphatic carbocycles. The SMILES string of the molecule is CCN(CC)CCCN(CC)C(=O)N(C)CC(=O)O. The number of carboxylic acid groups (broad SMARTS) is 1. The second-order valence-corrected chi connectivity index (χ2v) is 4.49. The van der Waals surface area contributed by atoms with Crippen LogP contribution in [0.1, 0.15) is 27.2 Å². The van der Waals surface area contributed by atoms with E-state index in [2.05, 4.69) is 18.7 Å². The average molecular weight is 273 g/mol. The molecule has 1 N–H and O–H groups in total. The van der Waals surface area contributed by atoms with Crippen molar-refractivity contribution in [2.24, 2.45) is 0 Å². The van der Waals surface area contributed by atoms with Crippen LogP contribution in [0.25, 0.3) is 0 Å². The lowest BCUT2D eigenvalue weighted by Crippen LogP contribution is -2.44. The Hall–Kier alpha value is -1.30. The van der Waals surface area contributed by atoms with Crippen molar-refractivity contribution >= 4 is 12.0 Å². The maximum atomic E-state index is 12.0. The Morgan fingerprint density at radius 1 is 1.00 bits per heavy atom. The Bertz CT molecular complexity index is 280. The summed E-state index contributed by atoms with van der Waals surface area (Å²) in [7, 11) is 1.52. The van der Waals surface area contributed by atoms with Gasteiger partial charge in [-0.25, -0.2) is 4.79 Å². The monoisotopic (exact) mass is 273 g/mol. The van der Waals surface area contributed by atoms with Crippen molar-refractivity contribution in [2.75, 3.05) is 46.3 Å². The van der Waals surface area contributed by atoms with Gasteiger partial charge in [0.15, 0.2) is 0 Å². The largest absolute Gasteiger partial charge is 0.480 e. The second kappa shape index (κ2) is 9.61. The molecule has 0 aliphatic rings. The van der Waals surface area contributed by atoms with Gasteiger partial charge in [0, 0.05) is 20.1 Å². The minimum atomic E-state index is -0.991. The van der Waals surface area contributed by atoms with Gasteiger partial charge in [0.2, 0.25) is 0 Å². The van der Waals surface area contributed by atoms with Crippen molar-refractivity contribution < 1.29 is 14.7 Å². The number of nitrogens with zero attached hydrogens (tertiary/aromatic N) is 3. The maximum Gasteiger partial charge on any atom is 0.323 e. The lowest BCUT2D eigenvalue weighted by molar-refractivity contribution is -0.137. The lowest BCUT2D eigenvalue weighted by Gasteiger charge is -2.27.